The summed E-state index contributed by atoms with van der Waals surface area (Å²) < 4.78 is 0. The number of benzene rings is 1. The topological polar surface area (TPSA) is 12.9 Å². The SMILES string of the molecule is CCc1ccnc2ccccc12.P. The summed E-state index contributed by atoms with van der Waals surface area (Å²) in [4.78, 5) is 4.29. The van der Waals surface area contributed by atoms with Crippen LogP contribution >= 0.6 is 9.90 Å². The Balaban J connectivity index is 0.000000845. The zero-order valence-electron chi connectivity index (χ0n) is 7.83. The maximum absolute atomic E-state index is 4.29. The molecule has 0 aliphatic carbocycles. The molecule has 1 aromatic carbocycles. The van der Waals surface area contributed by atoms with Crippen LogP contribution in [0.5, 0.6) is 0 Å². The lowest BCUT2D eigenvalue weighted by atomic mass is 10.1. The highest BCUT2D eigenvalue weighted by molar-refractivity contribution is 6.92. The minimum absolute atomic E-state index is 0. The van der Waals surface area contributed by atoms with Gasteiger partial charge < -0.3 is 0 Å². The van der Waals surface area contributed by atoms with Crippen molar-refractivity contribution in [2.75, 3.05) is 0 Å². The molecule has 0 radical (unpaired) electrons. The first kappa shape index (κ1) is 10.1. The van der Waals surface area contributed by atoms with Crippen LogP contribution < -0.4 is 0 Å². The van der Waals surface area contributed by atoms with Gasteiger partial charge in [0.25, 0.3) is 0 Å². The van der Waals surface area contributed by atoms with Gasteiger partial charge in [-0.2, -0.15) is 9.90 Å². The number of nitrogens with zero attached hydrogens (tertiary/aromatic N) is 1. The van der Waals surface area contributed by atoms with Crippen LogP contribution in [-0.4, -0.2) is 4.98 Å². The highest BCUT2D eigenvalue weighted by Crippen LogP contribution is 2.15. The van der Waals surface area contributed by atoms with E-state index in [0.29, 0.717) is 0 Å². The molecule has 68 valence electrons. The zero-order valence-corrected chi connectivity index (χ0v) is 9.24. The number of aryl methyl sites for hydroxylation is 1. The van der Waals surface area contributed by atoms with Gasteiger partial charge in [0.2, 0.25) is 0 Å². The first-order chi connectivity index (χ1) is 5.92. The monoisotopic (exact) mass is 191 g/mol. The molecule has 0 aliphatic heterocycles. The smallest absolute Gasteiger partial charge is 0.0704 e. The number of hydrogen-bond acceptors (Lipinski definition) is 1. The van der Waals surface area contributed by atoms with Gasteiger partial charge in [-0.1, -0.05) is 25.1 Å². The van der Waals surface area contributed by atoms with Crippen molar-refractivity contribution in [1.82, 2.24) is 4.98 Å². The van der Waals surface area contributed by atoms with Gasteiger partial charge in [-0.3, -0.25) is 4.98 Å². The number of aromatic nitrogens is 1. The number of rotatable bonds is 1. The third-order valence-corrected chi connectivity index (χ3v) is 2.12. The molecule has 1 atom stereocenters. The molecule has 0 fully saturated rings. The van der Waals surface area contributed by atoms with Crippen molar-refractivity contribution in [1.29, 1.82) is 0 Å². The van der Waals surface area contributed by atoms with Gasteiger partial charge in [0, 0.05) is 11.6 Å². The van der Waals surface area contributed by atoms with Gasteiger partial charge in [-0.15, -0.1) is 0 Å². The van der Waals surface area contributed by atoms with Crippen molar-refractivity contribution in [3.63, 3.8) is 0 Å². The van der Waals surface area contributed by atoms with E-state index in [-0.39, 0.29) is 9.90 Å². The Hall–Kier alpha value is -0.940. The lowest BCUT2D eigenvalue weighted by Crippen LogP contribution is -1.84. The van der Waals surface area contributed by atoms with Crippen molar-refractivity contribution < 1.29 is 0 Å². The molecule has 0 aliphatic rings. The van der Waals surface area contributed by atoms with Crippen molar-refractivity contribution in [2.24, 2.45) is 0 Å². The predicted molar refractivity (Wildman–Crippen MR) is 62.2 cm³/mol. The standard InChI is InChI=1S/C11H11N.H3P/c1-2-9-7-8-12-11-6-4-3-5-10(9)11;/h3-8H,2H2,1H3;1H3. The number of fused-ring (bicyclic) bond motifs is 1. The molecule has 1 aromatic heterocycles. The summed E-state index contributed by atoms with van der Waals surface area (Å²) in [6.07, 6.45) is 2.95. The lowest BCUT2D eigenvalue weighted by molar-refractivity contribution is 1.15. The van der Waals surface area contributed by atoms with Crippen LogP contribution in [0.25, 0.3) is 10.9 Å². The molecular formula is C11H14NP. The summed E-state index contributed by atoms with van der Waals surface area (Å²) >= 11 is 0. The first-order valence-corrected chi connectivity index (χ1v) is 4.24. The van der Waals surface area contributed by atoms with E-state index in [1.54, 1.807) is 0 Å². The lowest BCUT2D eigenvalue weighted by Gasteiger charge is -2.01. The van der Waals surface area contributed by atoms with Gasteiger partial charge >= 0.3 is 0 Å². The fraction of sp³-hybridized carbons (Fsp3) is 0.182. The molecule has 0 spiro atoms. The molecular weight excluding hydrogens is 177 g/mol. The zero-order chi connectivity index (χ0) is 8.39. The fourth-order valence-corrected chi connectivity index (χ4v) is 1.46. The third-order valence-electron chi connectivity index (χ3n) is 2.12. The molecule has 2 aromatic rings. The molecule has 0 saturated heterocycles. The van der Waals surface area contributed by atoms with Crippen LogP contribution in [0.15, 0.2) is 36.5 Å². The van der Waals surface area contributed by atoms with Crippen LogP contribution in [-0.2, 0) is 6.42 Å². The minimum Gasteiger partial charge on any atom is -0.256 e. The van der Waals surface area contributed by atoms with Gasteiger partial charge in [0.15, 0.2) is 0 Å². The number of para-hydroxylation sites is 1. The molecule has 1 unspecified atom stereocenters. The Bertz CT molecular complexity index is 393. The third kappa shape index (κ3) is 1.87. The maximum Gasteiger partial charge on any atom is 0.0704 e. The summed E-state index contributed by atoms with van der Waals surface area (Å²) in [6.45, 7) is 2.17. The Labute approximate surface area is 81.8 Å². The van der Waals surface area contributed by atoms with Gasteiger partial charge in [-0.05, 0) is 24.1 Å². The molecule has 0 amide bonds. The normalized spacial score (nSPS) is 9.62. The molecule has 1 nitrogen and oxygen atoms in total. The summed E-state index contributed by atoms with van der Waals surface area (Å²) in [5.41, 5.74) is 2.47. The fourth-order valence-electron chi connectivity index (χ4n) is 1.46. The summed E-state index contributed by atoms with van der Waals surface area (Å²) in [5.74, 6) is 0. The van der Waals surface area contributed by atoms with E-state index in [1.165, 1.54) is 10.9 Å². The van der Waals surface area contributed by atoms with Gasteiger partial charge in [-0.25, -0.2) is 0 Å². The summed E-state index contributed by atoms with van der Waals surface area (Å²) in [5, 5.41) is 1.28. The van der Waals surface area contributed by atoms with E-state index < -0.39 is 0 Å². The van der Waals surface area contributed by atoms with Crippen LogP contribution in [0.4, 0.5) is 0 Å². The average Bonchev–Trinajstić information content (AvgIpc) is 2.17. The van der Waals surface area contributed by atoms with Crippen LogP contribution in [0, 0.1) is 0 Å². The van der Waals surface area contributed by atoms with E-state index >= 15 is 0 Å². The van der Waals surface area contributed by atoms with E-state index in [4.69, 9.17) is 0 Å². The van der Waals surface area contributed by atoms with E-state index in [1.807, 2.05) is 12.3 Å². The van der Waals surface area contributed by atoms with E-state index in [9.17, 15) is 0 Å². The Morgan fingerprint density at radius 1 is 1.15 bits per heavy atom. The minimum atomic E-state index is 0. The first-order valence-electron chi connectivity index (χ1n) is 4.24. The predicted octanol–water partition coefficient (Wildman–Crippen LogP) is 2.86. The second-order valence-electron chi connectivity index (χ2n) is 2.84. The molecule has 0 saturated carbocycles. The molecule has 1 heterocycles. The molecule has 2 rings (SSSR count). The number of pyridine rings is 1. The molecule has 0 N–H and O–H groups in total. The Morgan fingerprint density at radius 3 is 2.69 bits per heavy atom. The molecule has 13 heavy (non-hydrogen) atoms. The summed E-state index contributed by atoms with van der Waals surface area (Å²) in [7, 11) is 0. The van der Waals surface area contributed by atoms with Crippen molar-refractivity contribution in [3.05, 3.63) is 42.1 Å². The van der Waals surface area contributed by atoms with E-state index in [0.717, 1.165) is 11.9 Å². The molecule has 2 heteroatoms. The molecule has 0 bridgehead atoms. The van der Waals surface area contributed by atoms with Crippen LogP contribution in [0.1, 0.15) is 12.5 Å². The largest absolute Gasteiger partial charge is 0.256 e. The summed E-state index contributed by atoms with van der Waals surface area (Å²) in [6, 6.07) is 10.3. The maximum atomic E-state index is 4.29. The van der Waals surface area contributed by atoms with Crippen molar-refractivity contribution in [3.8, 4) is 0 Å². The van der Waals surface area contributed by atoms with Crippen molar-refractivity contribution in [2.45, 2.75) is 13.3 Å². The van der Waals surface area contributed by atoms with Gasteiger partial charge in [0.1, 0.15) is 0 Å². The Kier molecular flexibility index (Phi) is 3.39. The van der Waals surface area contributed by atoms with Crippen LogP contribution in [0.2, 0.25) is 0 Å². The highest BCUT2D eigenvalue weighted by atomic mass is 31.0. The second-order valence-corrected chi connectivity index (χ2v) is 2.84. The van der Waals surface area contributed by atoms with Crippen molar-refractivity contribution >= 4 is 20.8 Å². The average molecular weight is 191 g/mol. The highest BCUT2D eigenvalue weighted by Gasteiger charge is 1.96. The number of hydrogen-bond donors (Lipinski definition) is 0. The second kappa shape index (κ2) is 4.34. The quantitative estimate of drug-likeness (QED) is 0.631. The Morgan fingerprint density at radius 2 is 1.92 bits per heavy atom. The van der Waals surface area contributed by atoms with E-state index in [2.05, 4.69) is 36.2 Å². The van der Waals surface area contributed by atoms with Gasteiger partial charge in [0.05, 0.1) is 5.52 Å². The van der Waals surface area contributed by atoms with Crippen LogP contribution in [0.3, 0.4) is 0 Å².